The third-order valence-electron chi connectivity index (χ3n) is 8.35. The molecule has 0 aromatic heterocycles. The summed E-state index contributed by atoms with van der Waals surface area (Å²) in [6.07, 6.45) is 6.99. The Balaban J connectivity index is 1.31. The van der Waals surface area contributed by atoms with Crippen LogP contribution in [-0.4, -0.2) is 41.9 Å². The van der Waals surface area contributed by atoms with Crippen molar-refractivity contribution in [2.24, 2.45) is 11.7 Å². The van der Waals surface area contributed by atoms with Crippen molar-refractivity contribution < 1.29 is 18.4 Å². The molecule has 216 valence electrons. The fourth-order valence-electron chi connectivity index (χ4n) is 5.98. The van der Waals surface area contributed by atoms with Crippen molar-refractivity contribution in [1.29, 1.82) is 0 Å². The Morgan fingerprint density at radius 2 is 1.54 bits per heavy atom. The quantitative estimate of drug-likeness (QED) is 0.331. The summed E-state index contributed by atoms with van der Waals surface area (Å²) in [5.41, 5.74) is 9.14. The van der Waals surface area contributed by atoms with Crippen LogP contribution in [0.2, 0.25) is 0 Å². The molecule has 41 heavy (non-hydrogen) atoms. The molecule has 1 aliphatic carbocycles. The van der Waals surface area contributed by atoms with Crippen LogP contribution in [0, 0.1) is 17.6 Å². The molecule has 1 saturated carbocycles. The average molecular weight is 561 g/mol. The number of nitrogens with two attached hydrogens (primary N) is 1. The maximum atomic E-state index is 13.8. The van der Waals surface area contributed by atoms with Crippen LogP contribution in [-0.2, 0) is 13.0 Å². The van der Waals surface area contributed by atoms with Crippen molar-refractivity contribution in [3.8, 4) is 0 Å². The SMILES string of the molecule is NC1CCCCC1NC(=O)c1ccc(CN2CCC(Cc3ccccc3)CC2)c(NC(=O)c2cc(F)cc(F)c2)c1. The lowest BCUT2D eigenvalue weighted by molar-refractivity contribution is 0.0920. The zero-order chi connectivity index (χ0) is 28.8. The van der Waals surface area contributed by atoms with Crippen molar-refractivity contribution in [2.45, 2.75) is 63.6 Å². The Kier molecular flexibility index (Phi) is 9.42. The van der Waals surface area contributed by atoms with E-state index in [2.05, 4.69) is 39.8 Å². The number of amides is 2. The van der Waals surface area contributed by atoms with Gasteiger partial charge in [0.15, 0.2) is 0 Å². The second-order valence-electron chi connectivity index (χ2n) is 11.4. The predicted octanol–water partition coefficient (Wildman–Crippen LogP) is 5.67. The first-order valence-electron chi connectivity index (χ1n) is 14.6. The fourth-order valence-corrected chi connectivity index (χ4v) is 5.98. The van der Waals surface area contributed by atoms with Crippen molar-refractivity contribution in [3.63, 3.8) is 0 Å². The van der Waals surface area contributed by atoms with Gasteiger partial charge in [-0.2, -0.15) is 0 Å². The van der Waals surface area contributed by atoms with E-state index in [-0.39, 0.29) is 23.6 Å². The second kappa shape index (κ2) is 13.4. The highest BCUT2D eigenvalue weighted by atomic mass is 19.1. The van der Waals surface area contributed by atoms with Crippen LogP contribution in [0.15, 0.2) is 66.7 Å². The smallest absolute Gasteiger partial charge is 0.255 e. The molecule has 5 rings (SSSR count). The van der Waals surface area contributed by atoms with Crippen LogP contribution in [0.5, 0.6) is 0 Å². The summed E-state index contributed by atoms with van der Waals surface area (Å²) in [6.45, 7) is 2.42. The Morgan fingerprint density at radius 1 is 0.829 bits per heavy atom. The first kappa shape index (κ1) is 28.9. The van der Waals surface area contributed by atoms with E-state index in [9.17, 15) is 18.4 Å². The number of hydrogen-bond acceptors (Lipinski definition) is 4. The number of anilines is 1. The zero-order valence-electron chi connectivity index (χ0n) is 23.3. The number of carbonyl (C=O) groups excluding carboxylic acids is 2. The monoisotopic (exact) mass is 560 g/mol. The Morgan fingerprint density at radius 3 is 2.24 bits per heavy atom. The number of likely N-dealkylation sites (tertiary alicyclic amines) is 1. The van der Waals surface area contributed by atoms with Crippen molar-refractivity contribution in [3.05, 3.63) is 101 Å². The molecule has 1 heterocycles. The molecule has 2 fully saturated rings. The summed E-state index contributed by atoms with van der Waals surface area (Å²) < 4.78 is 27.6. The van der Waals surface area contributed by atoms with Gasteiger partial charge in [-0.15, -0.1) is 0 Å². The van der Waals surface area contributed by atoms with E-state index in [1.807, 2.05) is 12.1 Å². The minimum absolute atomic E-state index is 0.0844. The third-order valence-corrected chi connectivity index (χ3v) is 8.35. The number of benzene rings is 3. The van der Waals surface area contributed by atoms with Gasteiger partial charge >= 0.3 is 0 Å². The van der Waals surface area contributed by atoms with Gasteiger partial charge in [-0.25, -0.2) is 8.78 Å². The van der Waals surface area contributed by atoms with Crippen LogP contribution in [0.4, 0.5) is 14.5 Å². The summed E-state index contributed by atoms with van der Waals surface area (Å²) in [5, 5.41) is 5.87. The molecule has 4 N–H and O–H groups in total. The molecule has 2 atom stereocenters. The van der Waals surface area contributed by atoms with Crippen molar-refractivity contribution in [1.82, 2.24) is 10.2 Å². The number of rotatable bonds is 8. The van der Waals surface area contributed by atoms with Crippen molar-refractivity contribution >= 4 is 17.5 Å². The third kappa shape index (κ3) is 7.77. The van der Waals surface area contributed by atoms with E-state index in [4.69, 9.17) is 5.73 Å². The Labute approximate surface area is 240 Å². The van der Waals surface area contributed by atoms with Crippen LogP contribution in [0.3, 0.4) is 0 Å². The number of piperidine rings is 1. The highest BCUT2D eigenvalue weighted by molar-refractivity contribution is 6.05. The van der Waals surface area contributed by atoms with Gasteiger partial charge < -0.3 is 16.4 Å². The Hall–Kier alpha value is -3.62. The largest absolute Gasteiger partial charge is 0.348 e. The molecule has 2 unspecified atom stereocenters. The molecule has 1 saturated heterocycles. The maximum absolute atomic E-state index is 13.8. The highest BCUT2D eigenvalue weighted by Gasteiger charge is 2.25. The summed E-state index contributed by atoms with van der Waals surface area (Å²) in [7, 11) is 0. The van der Waals surface area contributed by atoms with E-state index < -0.39 is 17.5 Å². The molecule has 3 aromatic carbocycles. The lowest BCUT2D eigenvalue weighted by Crippen LogP contribution is -2.49. The van der Waals surface area contributed by atoms with Crippen LogP contribution in [0.1, 0.15) is 70.4 Å². The fraction of sp³-hybridized carbons (Fsp3) is 0.394. The average Bonchev–Trinajstić information content (AvgIpc) is 2.96. The first-order valence-corrected chi connectivity index (χ1v) is 14.6. The molecule has 1 aliphatic heterocycles. The lowest BCUT2D eigenvalue weighted by Gasteiger charge is -2.32. The molecule has 3 aromatic rings. The maximum Gasteiger partial charge on any atom is 0.255 e. The molecule has 2 aliphatic rings. The molecular weight excluding hydrogens is 522 g/mol. The van der Waals surface area contributed by atoms with Crippen LogP contribution >= 0.6 is 0 Å². The Bertz CT molecular complexity index is 1340. The van der Waals surface area contributed by atoms with Gasteiger partial charge in [-0.3, -0.25) is 14.5 Å². The van der Waals surface area contributed by atoms with E-state index in [1.54, 1.807) is 12.1 Å². The van der Waals surface area contributed by atoms with Gasteiger partial charge in [0.1, 0.15) is 11.6 Å². The van der Waals surface area contributed by atoms with Gasteiger partial charge in [0.05, 0.1) is 0 Å². The first-order chi connectivity index (χ1) is 19.8. The van der Waals surface area contributed by atoms with Crippen LogP contribution in [0.25, 0.3) is 0 Å². The summed E-state index contributed by atoms with van der Waals surface area (Å²) in [6, 6.07) is 18.3. The molecule has 2 amide bonds. The number of hydrogen-bond donors (Lipinski definition) is 3. The van der Waals surface area contributed by atoms with E-state index in [1.165, 1.54) is 5.56 Å². The van der Waals surface area contributed by atoms with Gasteiger partial charge in [0.25, 0.3) is 11.8 Å². The minimum atomic E-state index is -0.828. The summed E-state index contributed by atoms with van der Waals surface area (Å²) >= 11 is 0. The number of nitrogens with zero attached hydrogens (tertiary/aromatic N) is 1. The summed E-state index contributed by atoms with van der Waals surface area (Å²) in [5.74, 6) is -1.93. The van der Waals surface area contributed by atoms with Crippen molar-refractivity contribution in [2.75, 3.05) is 18.4 Å². The molecule has 6 nitrogen and oxygen atoms in total. The normalized spacial score (nSPS) is 20.0. The molecular formula is C33H38F2N4O2. The van der Waals surface area contributed by atoms with E-state index in [0.717, 1.165) is 81.8 Å². The second-order valence-corrected chi connectivity index (χ2v) is 11.4. The van der Waals surface area contributed by atoms with Gasteiger partial charge in [0, 0.05) is 41.5 Å². The topological polar surface area (TPSA) is 87.5 Å². The van der Waals surface area contributed by atoms with Crippen LogP contribution < -0.4 is 16.4 Å². The van der Waals surface area contributed by atoms with E-state index in [0.29, 0.717) is 23.7 Å². The summed E-state index contributed by atoms with van der Waals surface area (Å²) in [4.78, 5) is 28.5. The predicted molar refractivity (Wildman–Crippen MR) is 157 cm³/mol. The molecule has 0 spiro atoms. The number of nitrogens with one attached hydrogen (secondary N) is 2. The van der Waals surface area contributed by atoms with E-state index >= 15 is 0 Å². The van der Waals surface area contributed by atoms with Gasteiger partial charge in [0.2, 0.25) is 0 Å². The highest BCUT2D eigenvalue weighted by Crippen LogP contribution is 2.27. The molecule has 8 heteroatoms. The number of halogens is 2. The standard InChI is InChI=1S/C33H38F2N4O2/c34-27-17-26(18-28(35)20-27)33(41)38-31-19-24(32(40)37-30-9-5-4-8-29(30)36)10-11-25(31)21-39-14-12-23(13-15-39)16-22-6-2-1-3-7-22/h1-3,6-7,10-11,17-20,23,29-30H,4-5,8-9,12-16,21,36H2,(H,37,40)(H,38,41). The molecule has 0 bridgehead atoms. The minimum Gasteiger partial charge on any atom is -0.348 e. The zero-order valence-corrected chi connectivity index (χ0v) is 23.3. The number of carbonyl (C=O) groups is 2. The lowest BCUT2D eigenvalue weighted by atomic mass is 9.90. The van der Waals surface area contributed by atoms with Gasteiger partial charge in [-0.05, 0) is 86.5 Å². The molecule has 0 radical (unpaired) electrons. The van der Waals surface area contributed by atoms with Gasteiger partial charge in [-0.1, -0.05) is 49.2 Å².